The number of hydrogen-bond donors (Lipinski definition) is 3. The Hall–Kier alpha value is -2.38. The van der Waals surface area contributed by atoms with Crippen LogP contribution < -0.4 is 5.32 Å². The third kappa shape index (κ3) is 12.2. The minimum absolute atomic E-state index is 0.0419. The highest BCUT2D eigenvalue weighted by molar-refractivity contribution is 6.43. The molecule has 7 heteroatoms. The summed E-state index contributed by atoms with van der Waals surface area (Å²) in [4.78, 5) is 24.6. The van der Waals surface area contributed by atoms with E-state index >= 15 is 0 Å². The van der Waals surface area contributed by atoms with Crippen molar-refractivity contribution in [3.05, 3.63) is 59.9 Å². The molecule has 0 rings (SSSR count). The lowest BCUT2D eigenvalue weighted by atomic mass is 9.75. The van der Waals surface area contributed by atoms with Crippen molar-refractivity contribution in [2.75, 3.05) is 7.11 Å². The van der Waals surface area contributed by atoms with Crippen molar-refractivity contribution in [1.82, 2.24) is 5.32 Å². The van der Waals surface area contributed by atoms with E-state index < -0.39 is 24.9 Å². The highest BCUT2D eigenvalue weighted by atomic mass is 16.5. The Kier molecular flexibility index (Phi) is 15.1. The van der Waals surface area contributed by atoms with Gasteiger partial charge in [0.2, 0.25) is 5.91 Å². The maximum Gasteiger partial charge on any atom is 0.475 e. The van der Waals surface area contributed by atoms with Gasteiger partial charge < -0.3 is 20.1 Å². The molecule has 0 fully saturated rings. The molecule has 0 aromatic rings. The van der Waals surface area contributed by atoms with E-state index in [1.165, 1.54) is 6.08 Å². The van der Waals surface area contributed by atoms with Crippen molar-refractivity contribution in [1.29, 1.82) is 0 Å². The van der Waals surface area contributed by atoms with Crippen LogP contribution in [0.3, 0.4) is 0 Å². The van der Waals surface area contributed by atoms with E-state index in [1.54, 1.807) is 26.2 Å². The van der Waals surface area contributed by atoms with E-state index in [0.717, 1.165) is 24.2 Å². The van der Waals surface area contributed by atoms with Crippen LogP contribution in [0.2, 0.25) is 0 Å². The second-order valence-electron chi connectivity index (χ2n) is 6.93. The van der Waals surface area contributed by atoms with Gasteiger partial charge in [-0.15, -0.1) is 0 Å². The van der Waals surface area contributed by atoms with Crippen molar-refractivity contribution < 1.29 is 24.4 Å². The van der Waals surface area contributed by atoms with E-state index in [9.17, 15) is 19.6 Å². The third-order valence-corrected chi connectivity index (χ3v) is 4.36. The van der Waals surface area contributed by atoms with Crippen LogP contribution in [-0.2, 0) is 14.3 Å². The van der Waals surface area contributed by atoms with Crippen LogP contribution in [-0.4, -0.2) is 41.9 Å². The normalized spacial score (nSPS) is 15.0. The first-order valence-electron chi connectivity index (χ1n) is 10.4. The summed E-state index contributed by atoms with van der Waals surface area (Å²) in [6.07, 6.45) is 16.0. The largest absolute Gasteiger partial charge is 0.501 e. The second kappa shape index (κ2) is 16.4. The Labute approximate surface area is 181 Å². The van der Waals surface area contributed by atoms with Crippen LogP contribution in [0.25, 0.3) is 0 Å². The number of ether oxygens (including phenoxy) is 1. The third-order valence-electron chi connectivity index (χ3n) is 4.36. The Morgan fingerprint density at radius 3 is 2.33 bits per heavy atom. The maximum atomic E-state index is 12.4. The molecule has 0 heterocycles. The molecule has 0 saturated heterocycles. The van der Waals surface area contributed by atoms with Crippen LogP contribution in [0.5, 0.6) is 0 Å². The topological polar surface area (TPSA) is 95.9 Å². The van der Waals surface area contributed by atoms with Gasteiger partial charge in [-0.25, -0.2) is 0 Å². The van der Waals surface area contributed by atoms with Gasteiger partial charge in [0, 0.05) is 18.8 Å². The summed E-state index contributed by atoms with van der Waals surface area (Å²) in [7, 11) is -0.142. The SMILES string of the molecule is CC=CC=C(C=CCC)CC(NC(=O)CC(C)C(=O)C=CC=C(CC)OC)B(O)O. The summed E-state index contributed by atoms with van der Waals surface area (Å²) in [6, 6.07) is 0. The first kappa shape index (κ1) is 27.6. The van der Waals surface area contributed by atoms with Gasteiger partial charge in [0.1, 0.15) is 0 Å². The molecule has 166 valence electrons. The number of hydrogen-bond acceptors (Lipinski definition) is 5. The minimum atomic E-state index is -1.71. The van der Waals surface area contributed by atoms with Gasteiger partial charge in [-0.3, -0.25) is 9.59 Å². The number of carbonyl (C=O) groups excluding carboxylic acids is 2. The minimum Gasteiger partial charge on any atom is -0.501 e. The molecule has 0 aliphatic rings. The van der Waals surface area contributed by atoms with E-state index in [-0.39, 0.29) is 18.6 Å². The van der Waals surface area contributed by atoms with E-state index in [0.29, 0.717) is 0 Å². The molecular formula is C23H36BNO5. The lowest BCUT2D eigenvalue weighted by Gasteiger charge is -2.19. The molecule has 0 saturated carbocycles. The number of ketones is 1. The number of carbonyl (C=O) groups is 2. The fourth-order valence-corrected chi connectivity index (χ4v) is 2.55. The molecule has 0 bridgehead atoms. The molecule has 0 aromatic carbocycles. The summed E-state index contributed by atoms with van der Waals surface area (Å²) in [6.45, 7) is 7.50. The molecule has 6 nitrogen and oxygen atoms in total. The summed E-state index contributed by atoms with van der Waals surface area (Å²) >= 11 is 0. The fourth-order valence-electron chi connectivity index (χ4n) is 2.55. The van der Waals surface area contributed by atoms with Crippen molar-refractivity contribution in [2.45, 2.75) is 59.3 Å². The van der Waals surface area contributed by atoms with Crippen molar-refractivity contribution in [2.24, 2.45) is 5.92 Å². The molecular weight excluding hydrogens is 381 g/mol. The van der Waals surface area contributed by atoms with Crippen molar-refractivity contribution in [3.63, 3.8) is 0 Å². The molecule has 1 amide bonds. The summed E-state index contributed by atoms with van der Waals surface area (Å²) in [5.74, 6) is -1.24. The van der Waals surface area contributed by atoms with E-state index in [2.05, 4.69) is 5.32 Å². The number of amides is 1. The van der Waals surface area contributed by atoms with Gasteiger partial charge in [0.15, 0.2) is 5.78 Å². The molecule has 0 aromatic heterocycles. The smallest absolute Gasteiger partial charge is 0.475 e. The molecule has 3 N–H and O–H groups in total. The fraction of sp³-hybridized carbons (Fsp3) is 0.478. The van der Waals surface area contributed by atoms with E-state index in [4.69, 9.17) is 4.74 Å². The molecule has 0 aliphatic carbocycles. The second-order valence-corrected chi connectivity index (χ2v) is 6.93. The lowest BCUT2D eigenvalue weighted by molar-refractivity contribution is -0.126. The zero-order chi connectivity index (χ0) is 22.9. The molecule has 0 aliphatic heterocycles. The lowest BCUT2D eigenvalue weighted by Crippen LogP contribution is -2.47. The monoisotopic (exact) mass is 417 g/mol. The number of nitrogens with one attached hydrogen (secondary N) is 1. The quantitative estimate of drug-likeness (QED) is 0.174. The van der Waals surface area contributed by atoms with Gasteiger partial charge in [-0.2, -0.15) is 0 Å². The first-order chi connectivity index (χ1) is 14.3. The first-order valence-corrected chi connectivity index (χ1v) is 10.4. The van der Waals surface area contributed by atoms with Crippen LogP contribution in [0.4, 0.5) is 0 Å². The standard InChI is InChI=1S/C23H36BNO5/c1-6-9-12-19(13-10-7-2)17-22(24(28)29)25-23(27)16-18(4)21(26)15-11-14-20(8-3)30-5/h6,9-15,18,22,28-29H,7-8,16-17H2,1-5H3,(H,25,27). The summed E-state index contributed by atoms with van der Waals surface area (Å²) < 4.78 is 5.13. The summed E-state index contributed by atoms with van der Waals surface area (Å²) in [5, 5.41) is 22.0. The van der Waals surface area contributed by atoms with Gasteiger partial charge in [-0.05, 0) is 37.5 Å². The zero-order valence-electron chi connectivity index (χ0n) is 18.8. The van der Waals surface area contributed by atoms with Crippen LogP contribution in [0.15, 0.2) is 59.9 Å². The Morgan fingerprint density at radius 1 is 1.10 bits per heavy atom. The van der Waals surface area contributed by atoms with Crippen LogP contribution in [0.1, 0.15) is 53.4 Å². The average Bonchev–Trinajstić information content (AvgIpc) is 2.71. The molecule has 2 unspecified atom stereocenters. The van der Waals surface area contributed by atoms with Crippen LogP contribution >= 0.6 is 0 Å². The number of methoxy groups -OCH3 is 1. The average molecular weight is 417 g/mol. The Balaban J connectivity index is 4.99. The molecule has 0 radical (unpaired) electrons. The predicted octanol–water partition coefficient (Wildman–Crippen LogP) is 3.43. The number of rotatable bonds is 14. The Bertz CT molecular complexity index is 671. The van der Waals surface area contributed by atoms with Gasteiger partial charge in [0.25, 0.3) is 0 Å². The number of allylic oxidation sites excluding steroid dienone is 9. The van der Waals surface area contributed by atoms with E-state index in [1.807, 2.05) is 51.2 Å². The van der Waals surface area contributed by atoms with Crippen molar-refractivity contribution in [3.8, 4) is 0 Å². The molecule has 30 heavy (non-hydrogen) atoms. The van der Waals surface area contributed by atoms with Gasteiger partial charge >= 0.3 is 7.12 Å². The maximum absolute atomic E-state index is 12.4. The van der Waals surface area contributed by atoms with Crippen LogP contribution in [0, 0.1) is 5.92 Å². The highest BCUT2D eigenvalue weighted by Crippen LogP contribution is 2.12. The van der Waals surface area contributed by atoms with Crippen molar-refractivity contribution >= 4 is 18.8 Å². The van der Waals surface area contributed by atoms with Gasteiger partial charge in [-0.1, -0.05) is 57.2 Å². The highest BCUT2D eigenvalue weighted by Gasteiger charge is 2.27. The molecule has 0 spiro atoms. The predicted molar refractivity (Wildman–Crippen MR) is 122 cm³/mol. The Morgan fingerprint density at radius 2 is 1.80 bits per heavy atom. The van der Waals surface area contributed by atoms with Gasteiger partial charge in [0.05, 0.1) is 18.8 Å². The zero-order valence-corrected chi connectivity index (χ0v) is 18.8. The molecule has 2 atom stereocenters. The summed E-state index contributed by atoms with van der Waals surface area (Å²) in [5.41, 5.74) is 0.858.